The van der Waals surface area contributed by atoms with Crippen LogP contribution in [0.3, 0.4) is 0 Å². The van der Waals surface area contributed by atoms with E-state index in [2.05, 4.69) is 40.1 Å². The van der Waals surface area contributed by atoms with Gasteiger partial charge in [0.1, 0.15) is 5.54 Å². The zero-order valence-electron chi connectivity index (χ0n) is 19.1. The maximum Gasteiger partial charge on any atom is 0.344 e. The Bertz CT molecular complexity index is 1200. The van der Waals surface area contributed by atoms with E-state index in [0.29, 0.717) is 23.1 Å². The van der Waals surface area contributed by atoms with Crippen LogP contribution in [0.25, 0.3) is 5.69 Å². The van der Waals surface area contributed by atoms with Gasteiger partial charge in [0.15, 0.2) is 0 Å². The van der Waals surface area contributed by atoms with E-state index in [9.17, 15) is 14.4 Å². The van der Waals surface area contributed by atoms with Gasteiger partial charge in [0.2, 0.25) is 11.1 Å². The number of benzene rings is 2. The van der Waals surface area contributed by atoms with Crippen LogP contribution in [0.15, 0.2) is 59.8 Å². The van der Waals surface area contributed by atoms with Gasteiger partial charge >= 0.3 is 6.03 Å². The summed E-state index contributed by atoms with van der Waals surface area (Å²) >= 11 is 1.10. The maximum atomic E-state index is 13.1. The molecule has 10 nitrogen and oxygen atoms in total. The minimum absolute atomic E-state index is 0.0913. The van der Waals surface area contributed by atoms with E-state index in [-0.39, 0.29) is 5.75 Å². The van der Waals surface area contributed by atoms with Crippen LogP contribution in [0.4, 0.5) is 4.79 Å². The summed E-state index contributed by atoms with van der Waals surface area (Å²) in [7, 11) is 0. The molecular weight excluding hydrogens is 454 g/mol. The third-order valence-electron chi connectivity index (χ3n) is 5.70. The minimum Gasteiger partial charge on any atom is -0.318 e. The molecule has 0 aliphatic carbocycles. The van der Waals surface area contributed by atoms with E-state index in [1.807, 2.05) is 30.3 Å². The molecule has 34 heavy (non-hydrogen) atoms. The molecule has 176 valence electrons. The summed E-state index contributed by atoms with van der Waals surface area (Å²) in [6.45, 7) is 6.03. The van der Waals surface area contributed by atoms with E-state index >= 15 is 0 Å². The fourth-order valence-electron chi connectivity index (χ4n) is 3.76. The molecule has 1 fully saturated rings. The number of hydrogen-bond acceptors (Lipinski definition) is 7. The third-order valence-corrected chi connectivity index (χ3v) is 6.62. The van der Waals surface area contributed by atoms with Crippen molar-refractivity contribution in [2.45, 2.75) is 43.8 Å². The molecule has 11 heteroatoms. The van der Waals surface area contributed by atoms with E-state index in [1.54, 1.807) is 31.2 Å². The Morgan fingerprint density at radius 1 is 1.12 bits per heavy atom. The van der Waals surface area contributed by atoms with Crippen molar-refractivity contribution in [1.82, 2.24) is 36.0 Å². The van der Waals surface area contributed by atoms with Crippen LogP contribution < -0.4 is 10.7 Å². The minimum atomic E-state index is -1.22. The summed E-state index contributed by atoms with van der Waals surface area (Å²) in [6.07, 6.45) is 0.340. The number of rotatable bonds is 8. The first-order chi connectivity index (χ1) is 16.4. The average Bonchev–Trinajstić information content (AvgIpc) is 3.42. The molecule has 2 heterocycles. The van der Waals surface area contributed by atoms with Gasteiger partial charge in [0.25, 0.3) is 5.91 Å². The Labute approximate surface area is 201 Å². The number of urea groups is 1. The van der Waals surface area contributed by atoms with Crippen LogP contribution in [-0.4, -0.2) is 48.8 Å². The lowest BCUT2D eigenvalue weighted by Crippen LogP contribution is -2.49. The summed E-state index contributed by atoms with van der Waals surface area (Å²) in [5.41, 5.74) is 3.81. The highest BCUT2D eigenvalue weighted by Gasteiger charge is 2.52. The molecule has 0 spiro atoms. The van der Waals surface area contributed by atoms with Crippen molar-refractivity contribution in [3.63, 3.8) is 0 Å². The Morgan fingerprint density at radius 2 is 1.82 bits per heavy atom. The fourth-order valence-corrected chi connectivity index (χ4v) is 4.44. The molecule has 1 aliphatic heterocycles. The SMILES string of the molecule is CCC1(c2ccccc2)NC(=O)N(NC(=O)CSc2nnnn2-c2ccc(C(C)C)cc2)C1=O. The molecule has 4 rings (SSSR count). The quantitative estimate of drug-likeness (QED) is 0.376. The first kappa shape index (κ1) is 23.4. The van der Waals surface area contributed by atoms with Crippen LogP contribution in [0.1, 0.15) is 44.2 Å². The first-order valence-electron chi connectivity index (χ1n) is 10.9. The molecule has 1 aromatic heterocycles. The smallest absolute Gasteiger partial charge is 0.318 e. The van der Waals surface area contributed by atoms with Crippen LogP contribution in [0, 0.1) is 0 Å². The van der Waals surface area contributed by atoms with E-state index in [0.717, 1.165) is 22.5 Å². The van der Waals surface area contributed by atoms with Gasteiger partial charge in [-0.2, -0.15) is 9.69 Å². The second kappa shape index (κ2) is 9.64. The van der Waals surface area contributed by atoms with Crippen LogP contribution in [-0.2, 0) is 15.1 Å². The predicted octanol–water partition coefficient (Wildman–Crippen LogP) is 2.77. The van der Waals surface area contributed by atoms with Crippen molar-refractivity contribution >= 4 is 29.6 Å². The summed E-state index contributed by atoms with van der Waals surface area (Å²) < 4.78 is 1.54. The molecule has 1 saturated heterocycles. The molecule has 4 amide bonds. The largest absolute Gasteiger partial charge is 0.344 e. The van der Waals surface area contributed by atoms with Gasteiger partial charge in [-0.05, 0) is 46.0 Å². The first-order valence-corrected chi connectivity index (χ1v) is 11.9. The van der Waals surface area contributed by atoms with Crippen molar-refractivity contribution in [1.29, 1.82) is 0 Å². The standard InChI is InChI=1S/C23H25N7O3S/c1-4-23(17-8-6-5-7-9-17)20(32)30(21(33)24-23)26-19(31)14-34-22-25-27-28-29(22)18-12-10-16(11-13-18)15(2)3/h5-13,15H,4,14H2,1-3H3,(H,24,33)(H,26,31). The highest BCUT2D eigenvalue weighted by atomic mass is 32.2. The summed E-state index contributed by atoms with van der Waals surface area (Å²) in [5.74, 6) is -0.747. The maximum absolute atomic E-state index is 13.1. The second-order valence-corrected chi connectivity index (χ2v) is 9.08. The number of carbonyl (C=O) groups is 3. The zero-order chi connectivity index (χ0) is 24.3. The lowest BCUT2D eigenvalue weighted by atomic mass is 9.87. The monoisotopic (exact) mass is 479 g/mol. The van der Waals surface area contributed by atoms with Crippen LogP contribution >= 0.6 is 11.8 Å². The normalized spacial score (nSPS) is 17.8. The lowest BCUT2D eigenvalue weighted by Gasteiger charge is -2.25. The number of nitrogens with zero attached hydrogens (tertiary/aromatic N) is 5. The molecule has 0 bridgehead atoms. The Morgan fingerprint density at radius 3 is 2.47 bits per heavy atom. The third kappa shape index (κ3) is 4.38. The van der Waals surface area contributed by atoms with Gasteiger partial charge in [0.05, 0.1) is 11.4 Å². The molecule has 2 aromatic carbocycles. The number of carbonyl (C=O) groups excluding carboxylic acids is 3. The molecule has 0 saturated carbocycles. The van der Waals surface area contributed by atoms with E-state index in [4.69, 9.17) is 0 Å². The highest BCUT2D eigenvalue weighted by Crippen LogP contribution is 2.31. The van der Waals surface area contributed by atoms with Crippen molar-refractivity contribution < 1.29 is 14.4 Å². The number of tetrazole rings is 1. The number of imide groups is 1. The van der Waals surface area contributed by atoms with Gasteiger partial charge in [-0.25, -0.2) is 4.79 Å². The number of nitrogens with one attached hydrogen (secondary N) is 2. The molecule has 0 radical (unpaired) electrons. The molecule has 1 unspecified atom stereocenters. The number of amides is 4. The Balaban J connectivity index is 1.42. The van der Waals surface area contributed by atoms with E-state index in [1.165, 1.54) is 10.2 Å². The number of hydrogen-bond donors (Lipinski definition) is 2. The topological polar surface area (TPSA) is 122 Å². The number of hydrazine groups is 1. The van der Waals surface area contributed by atoms with Gasteiger partial charge < -0.3 is 5.32 Å². The highest BCUT2D eigenvalue weighted by molar-refractivity contribution is 7.99. The van der Waals surface area contributed by atoms with Gasteiger partial charge in [0, 0.05) is 0 Å². The van der Waals surface area contributed by atoms with Gasteiger partial charge in [-0.3, -0.25) is 15.0 Å². The van der Waals surface area contributed by atoms with E-state index < -0.39 is 23.4 Å². The van der Waals surface area contributed by atoms with Crippen LogP contribution in [0.5, 0.6) is 0 Å². The fraction of sp³-hybridized carbons (Fsp3) is 0.304. The van der Waals surface area contributed by atoms with Crippen molar-refractivity contribution in [2.24, 2.45) is 0 Å². The summed E-state index contributed by atoms with van der Waals surface area (Å²) in [5, 5.41) is 15.6. The van der Waals surface area contributed by atoms with Crippen molar-refractivity contribution in [2.75, 3.05) is 5.75 Å². The molecular formula is C23H25N7O3S. The zero-order valence-corrected chi connectivity index (χ0v) is 19.9. The number of thioether (sulfide) groups is 1. The second-order valence-electron chi connectivity index (χ2n) is 8.14. The molecule has 2 N–H and O–H groups in total. The Hall–Kier alpha value is -3.73. The average molecular weight is 480 g/mol. The molecule has 1 aliphatic rings. The van der Waals surface area contributed by atoms with Crippen molar-refractivity contribution in [3.8, 4) is 5.69 Å². The lowest BCUT2D eigenvalue weighted by molar-refractivity contribution is -0.138. The van der Waals surface area contributed by atoms with Gasteiger partial charge in [-0.15, -0.1) is 5.10 Å². The van der Waals surface area contributed by atoms with Gasteiger partial charge in [-0.1, -0.05) is 75.0 Å². The molecule has 3 aromatic rings. The van der Waals surface area contributed by atoms with Crippen molar-refractivity contribution in [3.05, 3.63) is 65.7 Å². The summed E-state index contributed by atoms with van der Waals surface area (Å²) in [4.78, 5) is 38.3. The predicted molar refractivity (Wildman–Crippen MR) is 126 cm³/mol. The number of aromatic nitrogens is 4. The molecule has 1 atom stereocenters. The van der Waals surface area contributed by atoms with Crippen LogP contribution in [0.2, 0.25) is 0 Å². The summed E-state index contributed by atoms with van der Waals surface area (Å²) in [6, 6.07) is 16.1. The Kier molecular flexibility index (Phi) is 6.64.